The number of pyridine rings is 1. The van der Waals surface area contributed by atoms with E-state index in [0.717, 1.165) is 4.31 Å². The molecule has 1 amide bonds. The third-order valence-electron chi connectivity index (χ3n) is 2.76. The van der Waals surface area contributed by atoms with Crippen LogP contribution in [0.1, 0.15) is 16.1 Å². The fourth-order valence-corrected chi connectivity index (χ4v) is 3.39. The van der Waals surface area contributed by atoms with Gasteiger partial charge >= 0.3 is 0 Å². The highest BCUT2D eigenvalue weighted by atomic mass is 35.5. The minimum atomic E-state index is -3.93. The Labute approximate surface area is 119 Å². The standard InChI is InChI=1S/C11H7ClN4O3S/c12-9-4-3-7(14-15-9)6-16-11(17)8-2-1-5-13-10(8)20(16,18)19/h1-5H,6H2. The SMILES string of the molecule is O=C1c2cccnc2S(=O)(=O)N1Cc1ccc(Cl)nn1. The summed E-state index contributed by atoms with van der Waals surface area (Å²) >= 11 is 5.60. The Morgan fingerprint density at radius 2 is 2.00 bits per heavy atom. The summed E-state index contributed by atoms with van der Waals surface area (Å²) < 4.78 is 25.2. The zero-order valence-corrected chi connectivity index (χ0v) is 11.5. The first kappa shape index (κ1) is 12.9. The molecule has 0 unspecified atom stereocenters. The number of fused-ring (bicyclic) bond motifs is 1. The van der Waals surface area contributed by atoms with E-state index in [1.54, 1.807) is 0 Å². The van der Waals surface area contributed by atoms with Gasteiger partial charge in [-0.2, -0.15) is 13.5 Å². The highest BCUT2D eigenvalue weighted by Crippen LogP contribution is 2.29. The zero-order valence-electron chi connectivity index (χ0n) is 9.89. The number of hydrogen-bond donors (Lipinski definition) is 0. The van der Waals surface area contributed by atoms with Crippen molar-refractivity contribution in [2.45, 2.75) is 11.6 Å². The summed E-state index contributed by atoms with van der Waals surface area (Å²) in [5.74, 6) is -0.621. The van der Waals surface area contributed by atoms with Crippen molar-refractivity contribution in [2.24, 2.45) is 0 Å². The Hall–Kier alpha value is -2.06. The van der Waals surface area contributed by atoms with E-state index in [1.807, 2.05) is 0 Å². The molecule has 1 aliphatic rings. The fourth-order valence-electron chi connectivity index (χ4n) is 1.84. The molecule has 0 saturated heterocycles. The molecule has 1 aliphatic heterocycles. The average molecular weight is 311 g/mol. The predicted octanol–water partition coefficient (Wildman–Crippen LogP) is 0.870. The molecule has 0 radical (unpaired) electrons. The van der Waals surface area contributed by atoms with Crippen LogP contribution in [0.5, 0.6) is 0 Å². The number of amides is 1. The number of hydrogen-bond acceptors (Lipinski definition) is 6. The lowest BCUT2D eigenvalue weighted by Gasteiger charge is -2.13. The van der Waals surface area contributed by atoms with Crippen molar-refractivity contribution in [3.05, 3.63) is 46.9 Å². The minimum absolute atomic E-state index is 0.0643. The van der Waals surface area contributed by atoms with Crippen molar-refractivity contribution in [1.29, 1.82) is 0 Å². The molecule has 0 fully saturated rings. The molecule has 2 aromatic heterocycles. The zero-order chi connectivity index (χ0) is 14.3. The third kappa shape index (κ3) is 1.93. The summed E-state index contributed by atoms with van der Waals surface area (Å²) in [6.45, 7) is -0.207. The van der Waals surface area contributed by atoms with E-state index in [2.05, 4.69) is 15.2 Å². The summed E-state index contributed by atoms with van der Waals surface area (Å²) in [5.41, 5.74) is 0.383. The number of halogens is 1. The molecule has 9 heteroatoms. The van der Waals surface area contributed by atoms with Gasteiger partial charge in [-0.05, 0) is 24.3 Å². The van der Waals surface area contributed by atoms with Crippen LogP contribution in [0.25, 0.3) is 0 Å². The number of carbonyl (C=O) groups is 1. The summed E-state index contributed by atoms with van der Waals surface area (Å²) in [6, 6.07) is 5.92. The Balaban J connectivity index is 2.00. The number of sulfonamides is 1. The van der Waals surface area contributed by atoms with Gasteiger partial charge in [0.05, 0.1) is 17.8 Å². The molecular weight excluding hydrogens is 304 g/mol. The average Bonchev–Trinajstić information content (AvgIpc) is 2.63. The highest BCUT2D eigenvalue weighted by molar-refractivity contribution is 7.90. The second-order valence-electron chi connectivity index (χ2n) is 4.02. The van der Waals surface area contributed by atoms with Crippen LogP contribution in [-0.4, -0.2) is 33.8 Å². The third-order valence-corrected chi connectivity index (χ3v) is 4.65. The van der Waals surface area contributed by atoms with Gasteiger partial charge in [-0.3, -0.25) is 4.79 Å². The van der Waals surface area contributed by atoms with Crippen molar-refractivity contribution in [1.82, 2.24) is 19.5 Å². The van der Waals surface area contributed by atoms with Crippen molar-refractivity contribution in [2.75, 3.05) is 0 Å². The predicted molar refractivity (Wildman–Crippen MR) is 68.3 cm³/mol. The van der Waals surface area contributed by atoms with Gasteiger partial charge in [0.2, 0.25) is 0 Å². The molecule has 2 aromatic rings. The second-order valence-corrected chi connectivity index (χ2v) is 6.19. The Bertz CT molecular complexity index is 792. The molecule has 0 saturated carbocycles. The topological polar surface area (TPSA) is 93.1 Å². The van der Waals surface area contributed by atoms with Crippen LogP contribution in [0.3, 0.4) is 0 Å². The van der Waals surface area contributed by atoms with Crippen LogP contribution in [-0.2, 0) is 16.6 Å². The maximum atomic E-state index is 12.2. The lowest BCUT2D eigenvalue weighted by molar-refractivity contribution is 0.0863. The summed E-state index contributed by atoms with van der Waals surface area (Å²) in [5, 5.41) is 7.31. The van der Waals surface area contributed by atoms with Crippen molar-refractivity contribution < 1.29 is 13.2 Å². The van der Waals surface area contributed by atoms with Crippen LogP contribution in [0.4, 0.5) is 0 Å². The highest BCUT2D eigenvalue weighted by Gasteiger charge is 2.42. The van der Waals surface area contributed by atoms with Crippen LogP contribution in [0.15, 0.2) is 35.5 Å². The molecule has 0 atom stereocenters. The first-order chi connectivity index (χ1) is 9.50. The molecule has 0 aliphatic carbocycles. The first-order valence-corrected chi connectivity index (χ1v) is 7.32. The number of rotatable bonds is 2. The van der Waals surface area contributed by atoms with E-state index in [0.29, 0.717) is 5.69 Å². The Morgan fingerprint density at radius 3 is 2.65 bits per heavy atom. The number of carbonyl (C=O) groups excluding carboxylic acids is 1. The summed E-state index contributed by atoms with van der Waals surface area (Å²) in [6.07, 6.45) is 1.33. The normalized spacial score (nSPS) is 16.2. The minimum Gasteiger partial charge on any atom is -0.268 e. The smallest absolute Gasteiger partial charge is 0.268 e. The van der Waals surface area contributed by atoms with Crippen molar-refractivity contribution in [3.63, 3.8) is 0 Å². The lowest BCUT2D eigenvalue weighted by atomic mass is 10.2. The van der Waals surface area contributed by atoms with Crippen molar-refractivity contribution in [3.8, 4) is 0 Å². The molecule has 102 valence electrons. The van der Waals surface area contributed by atoms with Gasteiger partial charge < -0.3 is 0 Å². The number of nitrogens with zero attached hydrogens (tertiary/aromatic N) is 4. The molecule has 0 spiro atoms. The molecule has 20 heavy (non-hydrogen) atoms. The lowest BCUT2D eigenvalue weighted by Crippen LogP contribution is -2.30. The van der Waals surface area contributed by atoms with Gasteiger partial charge in [-0.15, -0.1) is 5.10 Å². The van der Waals surface area contributed by atoms with Gasteiger partial charge in [0.15, 0.2) is 10.2 Å². The first-order valence-electron chi connectivity index (χ1n) is 5.50. The van der Waals surface area contributed by atoms with Crippen LogP contribution < -0.4 is 0 Å². The molecule has 3 rings (SSSR count). The quantitative estimate of drug-likeness (QED) is 0.817. The molecule has 0 bridgehead atoms. The van der Waals surface area contributed by atoms with E-state index in [1.165, 1.54) is 30.5 Å². The van der Waals surface area contributed by atoms with E-state index in [4.69, 9.17) is 11.6 Å². The number of aromatic nitrogens is 3. The summed E-state index contributed by atoms with van der Waals surface area (Å²) in [4.78, 5) is 15.9. The van der Waals surface area contributed by atoms with Gasteiger partial charge in [-0.25, -0.2) is 9.29 Å². The van der Waals surface area contributed by atoms with Crippen LogP contribution in [0.2, 0.25) is 5.15 Å². The van der Waals surface area contributed by atoms with Crippen LogP contribution >= 0.6 is 11.6 Å². The molecule has 3 heterocycles. The second kappa shape index (κ2) is 4.50. The maximum Gasteiger partial charge on any atom is 0.285 e. The van der Waals surface area contributed by atoms with E-state index >= 15 is 0 Å². The van der Waals surface area contributed by atoms with E-state index < -0.39 is 15.9 Å². The Kier molecular flexibility index (Phi) is 2.91. The fraction of sp³-hybridized carbons (Fsp3) is 0.0909. The van der Waals surface area contributed by atoms with E-state index in [9.17, 15) is 13.2 Å². The van der Waals surface area contributed by atoms with E-state index in [-0.39, 0.29) is 22.3 Å². The molecular formula is C11H7ClN4O3S. The van der Waals surface area contributed by atoms with Gasteiger partial charge in [0, 0.05) is 6.20 Å². The largest absolute Gasteiger partial charge is 0.285 e. The monoisotopic (exact) mass is 310 g/mol. The van der Waals surface area contributed by atoms with Crippen LogP contribution in [0, 0.1) is 0 Å². The van der Waals surface area contributed by atoms with Gasteiger partial charge in [-0.1, -0.05) is 11.6 Å². The Morgan fingerprint density at radius 1 is 1.20 bits per heavy atom. The van der Waals surface area contributed by atoms with Crippen molar-refractivity contribution >= 4 is 27.5 Å². The summed E-state index contributed by atoms with van der Waals surface area (Å²) in [7, 11) is -3.93. The maximum absolute atomic E-state index is 12.2. The van der Waals surface area contributed by atoms with Gasteiger partial charge in [0.1, 0.15) is 0 Å². The molecule has 0 aromatic carbocycles. The van der Waals surface area contributed by atoms with Gasteiger partial charge in [0.25, 0.3) is 15.9 Å². The molecule has 7 nitrogen and oxygen atoms in total. The molecule has 0 N–H and O–H groups in total.